The Bertz CT molecular complexity index is 402. The van der Waals surface area contributed by atoms with E-state index in [1.807, 2.05) is 31.2 Å². The predicted octanol–water partition coefficient (Wildman–Crippen LogP) is 3.20. The fourth-order valence-electron chi connectivity index (χ4n) is 2.35. The topological polar surface area (TPSA) is 37.3 Å². The van der Waals surface area contributed by atoms with Gasteiger partial charge in [0.05, 0.1) is 5.41 Å². The Labute approximate surface area is 97.4 Å². The van der Waals surface area contributed by atoms with Crippen LogP contribution in [0.2, 0.25) is 0 Å². The van der Waals surface area contributed by atoms with E-state index >= 15 is 0 Å². The Morgan fingerprint density at radius 2 is 2.27 bits per heavy atom. The van der Waals surface area contributed by atoms with Crippen LogP contribution in [0.15, 0.2) is 28.7 Å². The van der Waals surface area contributed by atoms with E-state index in [2.05, 4.69) is 15.9 Å². The second-order valence-electron chi connectivity index (χ2n) is 4.07. The van der Waals surface area contributed by atoms with Gasteiger partial charge in [0.2, 0.25) is 0 Å². The molecular formula is C12H13BrO2. The molecule has 80 valence electrons. The molecule has 0 saturated heterocycles. The van der Waals surface area contributed by atoms with Crippen molar-refractivity contribution in [1.29, 1.82) is 0 Å². The van der Waals surface area contributed by atoms with Crippen LogP contribution in [0.1, 0.15) is 25.3 Å². The first kappa shape index (κ1) is 10.7. The van der Waals surface area contributed by atoms with Gasteiger partial charge in [0.1, 0.15) is 0 Å². The summed E-state index contributed by atoms with van der Waals surface area (Å²) in [5.74, 6) is -0.407. The van der Waals surface area contributed by atoms with Crippen molar-refractivity contribution in [3.8, 4) is 0 Å². The SMILES string of the molecule is CCC1CC1(C(=O)O)c1ccccc1Br. The summed E-state index contributed by atoms with van der Waals surface area (Å²) < 4.78 is 0.906. The fourth-order valence-corrected chi connectivity index (χ4v) is 2.99. The summed E-state index contributed by atoms with van der Waals surface area (Å²) in [6, 6.07) is 7.63. The standard InChI is InChI=1S/C12H13BrO2/c1-2-8-7-12(8,11(14)15)9-5-3-4-6-10(9)13/h3-6,8H,2,7H2,1H3,(H,14,15). The van der Waals surface area contributed by atoms with E-state index in [0.717, 1.165) is 22.9 Å². The second kappa shape index (κ2) is 3.63. The van der Waals surface area contributed by atoms with Gasteiger partial charge in [0, 0.05) is 4.47 Å². The summed E-state index contributed by atoms with van der Waals surface area (Å²) in [7, 11) is 0. The minimum absolute atomic E-state index is 0.286. The van der Waals surface area contributed by atoms with E-state index in [1.54, 1.807) is 0 Å². The molecule has 0 spiro atoms. The van der Waals surface area contributed by atoms with E-state index in [0.29, 0.717) is 0 Å². The summed E-state index contributed by atoms with van der Waals surface area (Å²) in [5.41, 5.74) is 0.291. The van der Waals surface area contributed by atoms with Gasteiger partial charge in [-0.25, -0.2) is 0 Å². The molecule has 1 saturated carbocycles. The number of aliphatic carboxylic acids is 1. The Morgan fingerprint density at radius 1 is 1.60 bits per heavy atom. The maximum atomic E-state index is 11.4. The lowest BCUT2D eigenvalue weighted by atomic mass is 9.92. The lowest BCUT2D eigenvalue weighted by Crippen LogP contribution is -2.22. The van der Waals surface area contributed by atoms with Crippen molar-refractivity contribution < 1.29 is 9.90 Å². The number of benzene rings is 1. The molecule has 15 heavy (non-hydrogen) atoms. The predicted molar refractivity (Wildman–Crippen MR) is 61.9 cm³/mol. The smallest absolute Gasteiger partial charge is 0.314 e. The van der Waals surface area contributed by atoms with E-state index in [1.165, 1.54) is 0 Å². The van der Waals surface area contributed by atoms with Gasteiger partial charge in [-0.05, 0) is 24.0 Å². The van der Waals surface area contributed by atoms with Crippen LogP contribution in [0.3, 0.4) is 0 Å². The van der Waals surface area contributed by atoms with Gasteiger partial charge in [0.25, 0.3) is 0 Å². The third-order valence-electron chi connectivity index (χ3n) is 3.33. The molecule has 0 radical (unpaired) electrons. The summed E-state index contributed by atoms with van der Waals surface area (Å²) in [4.78, 5) is 11.4. The van der Waals surface area contributed by atoms with Crippen molar-refractivity contribution in [2.45, 2.75) is 25.2 Å². The molecule has 1 fully saturated rings. The number of carboxylic acids is 1. The lowest BCUT2D eigenvalue weighted by molar-refractivity contribution is -0.140. The third-order valence-corrected chi connectivity index (χ3v) is 4.03. The summed E-state index contributed by atoms with van der Waals surface area (Å²) in [6.45, 7) is 2.05. The van der Waals surface area contributed by atoms with Gasteiger partial charge in [-0.15, -0.1) is 0 Å². The van der Waals surface area contributed by atoms with Gasteiger partial charge in [-0.1, -0.05) is 47.5 Å². The van der Waals surface area contributed by atoms with Crippen molar-refractivity contribution >= 4 is 21.9 Å². The van der Waals surface area contributed by atoms with Crippen LogP contribution >= 0.6 is 15.9 Å². The molecule has 0 aromatic heterocycles. The van der Waals surface area contributed by atoms with Crippen molar-refractivity contribution in [2.24, 2.45) is 5.92 Å². The largest absolute Gasteiger partial charge is 0.481 e. The van der Waals surface area contributed by atoms with E-state index in [9.17, 15) is 9.90 Å². The lowest BCUT2D eigenvalue weighted by Gasteiger charge is -2.14. The first-order chi connectivity index (χ1) is 7.13. The van der Waals surface area contributed by atoms with Gasteiger partial charge in [-0.2, -0.15) is 0 Å². The van der Waals surface area contributed by atoms with Gasteiger partial charge in [0.15, 0.2) is 0 Å². The highest BCUT2D eigenvalue weighted by atomic mass is 79.9. The molecular weight excluding hydrogens is 256 g/mol. The number of hydrogen-bond donors (Lipinski definition) is 1. The van der Waals surface area contributed by atoms with Crippen molar-refractivity contribution in [3.63, 3.8) is 0 Å². The number of hydrogen-bond acceptors (Lipinski definition) is 1. The molecule has 1 aromatic rings. The van der Waals surface area contributed by atoms with Crippen LogP contribution in [-0.2, 0) is 10.2 Å². The van der Waals surface area contributed by atoms with Crippen LogP contribution in [-0.4, -0.2) is 11.1 Å². The van der Waals surface area contributed by atoms with Gasteiger partial charge in [-0.3, -0.25) is 4.79 Å². The minimum atomic E-state index is -0.693. The van der Waals surface area contributed by atoms with Crippen LogP contribution in [0.25, 0.3) is 0 Å². The number of carboxylic acid groups (broad SMARTS) is 1. The Morgan fingerprint density at radius 3 is 2.73 bits per heavy atom. The highest BCUT2D eigenvalue weighted by Crippen LogP contribution is 2.57. The molecule has 2 rings (SSSR count). The summed E-state index contributed by atoms with van der Waals surface area (Å²) in [5, 5.41) is 9.36. The third kappa shape index (κ3) is 1.49. The van der Waals surface area contributed by atoms with Crippen molar-refractivity contribution in [1.82, 2.24) is 0 Å². The van der Waals surface area contributed by atoms with Crippen molar-refractivity contribution in [3.05, 3.63) is 34.3 Å². The molecule has 0 aliphatic heterocycles. The molecule has 2 atom stereocenters. The Balaban J connectivity index is 2.45. The second-order valence-corrected chi connectivity index (χ2v) is 4.92. The fraction of sp³-hybridized carbons (Fsp3) is 0.417. The molecule has 2 nitrogen and oxygen atoms in total. The van der Waals surface area contributed by atoms with Gasteiger partial charge < -0.3 is 5.11 Å². The van der Waals surface area contributed by atoms with Crippen molar-refractivity contribution in [2.75, 3.05) is 0 Å². The number of halogens is 1. The Kier molecular flexibility index (Phi) is 2.59. The van der Waals surface area contributed by atoms with E-state index in [4.69, 9.17) is 0 Å². The van der Waals surface area contributed by atoms with Gasteiger partial charge >= 0.3 is 5.97 Å². The van der Waals surface area contributed by atoms with E-state index < -0.39 is 11.4 Å². The average molecular weight is 269 g/mol. The first-order valence-corrected chi connectivity index (χ1v) is 5.90. The van der Waals surface area contributed by atoms with E-state index in [-0.39, 0.29) is 5.92 Å². The number of rotatable bonds is 3. The van der Waals surface area contributed by atoms with Crippen LogP contribution in [0.5, 0.6) is 0 Å². The minimum Gasteiger partial charge on any atom is -0.481 e. The zero-order valence-electron chi connectivity index (χ0n) is 8.53. The quantitative estimate of drug-likeness (QED) is 0.914. The molecule has 2 unspecified atom stereocenters. The molecule has 1 aliphatic rings. The summed E-state index contributed by atoms with van der Waals surface area (Å²) >= 11 is 3.43. The normalized spacial score (nSPS) is 28.8. The molecule has 0 bridgehead atoms. The Hall–Kier alpha value is -0.830. The maximum absolute atomic E-state index is 11.4. The molecule has 0 heterocycles. The average Bonchev–Trinajstić information content (AvgIpc) is 2.94. The molecule has 1 aliphatic carbocycles. The number of carbonyl (C=O) groups is 1. The molecule has 3 heteroatoms. The highest BCUT2D eigenvalue weighted by Gasteiger charge is 2.61. The first-order valence-electron chi connectivity index (χ1n) is 5.11. The monoisotopic (exact) mass is 268 g/mol. The molecule has 0 amide bonds. The molecule has 1 aromatic carbocycles. The van der Waals surface area contributed by atoms with Crippen LogP contribution in [0, 0.1) is 5.92 Å². The molecule has 1 N–H and O–H groups in total. The summed E-state index contributed by atoms with van der Waals surface area (Å²) in [6.07, 6.45) is 1.69. The van der Waals surface area contributed by atoms with Crippen LogP contribution < -0.4 is 0 Å². The van der Waals surface area contributed by atoms with Crippen LogP contribution in [0.4, 0.5) is 0 Å². The zero-order chi connectivity index (χ0) is 11.1. The zero-order valence-corrected chi connectivity index (χ0v) is 10.1. The highest BCUT2D eigenvalue weighted by molar-refractivity contribution is 9.10. The maximum Gasteiger partial charge on any atom is 0.314 e.